The number of rotatable bonds is 8. The highest BCUT2D eigenvalue weighted by Gasteiger charge is 2.17. The average molecular weight is 288 g/mol. The lowest BCUT2D eigenvalue weighted by atomic mass is 10.2. The van der Waals surface area contributed by atoms with Gasteiger partial charge >= 0.3 is 11.7 Å². The van der Waals surface area contributed by atoms with Gasteiger partial charge in [0.1, 0.15) is 0 Å². The van der Waals surface area contributed by atoms with Gasteiger partial charge in [0.15, 0.2) is 0 Å². The number of carboxylic acid groups (broad SMARTS) is 1. The molecular formula is C12H14ClNO5. The van der Waals surface area contributed by atoms with Crippen molar-refractivity contribution in [2.75, 3.05) is 6.61 Å². The Labute approximate surface area is 115 Å². The van der Waals surface area contributed by atoms with Gasteiger partial charge in [-0.15, -0.1) is 0 Å². The van der Waals surface area contributed by atoms with Gasteiger partial charge in [0.05, 0.1) is 16.6 Å². The topological polar surface area (TPSA) is 89.7 Å². The van der Waals surface area contributed by atoms with Crippen molar-refractivity contribution in [3.63, 3.8) is 0 Å². The Bertz CT molecular complexity index is 463. The van der Waals surface area contributed by atoms with E-state index in [1.807, 2.05) is 0 Å². The molecule has 19 heavy (non-hydrogen) atoms. The Morgan fingerprint density at radius 3 is 2.74 bits per heavy atom. The smallest absolute Gasteiger partial charge is 0.312 e. The molecule has 1 N–H and O–H groups in total. The predicted molar refractivity (Wildman–Crippen MR) is 69.7 cm³/mol. The quantitative estimate of drug-likeness (QED) is 0.450. The van der Waals surface area contributed by atoms with Crippen LogP contribution < -0.4 is 4.74 Å². The summed E-state index contributed by atoms with van der Waals surface area (Å²) in [7, 11) is 0. The second kappa shape index (κ2) is 7.58. The van der Waals surface area contributed by atoms with E-state index in [9.17, 15) is 14.9 Å². The first kappa shape index (κ1) is 15.2. The summed E-state index contributed by atoms with van der Waals surface area (Å²) in [4.78, 5) is 20.5. The van der Waals surface area contributed by atoms with Gasteiger partial charge in [0.2, 0.25) is 5.75 Å². The zero-order valence-corrected chi connectivity index (χ0v) is 10.9. The van der Waals surface area contributed by atoms with Crippen molar-refractivity contribution in [1.82, 2.24) is 0 Å². The number of benzene rings is 1. The molecule has 0 aliphatic carbocycles. The molecule has 7 heteroatoms. The minimum Gasteiger partial charge on any atom is -0.486 e. The summed E-state index contributed by atoms with van der Waals surface area (Å²) in [5, 5.41) is 19.4. The lowest BCUT2D eigenvalue weighted by Gasteiger charge is -2.07. The van der Waals surface area contributed by atoms with E-state index >= 15 is 0 Å². The molecule has 1 aromatic carbocycles. The summed E-state index contributed by atoms with van der Waals surface area (Å²) >= 11 is 5.85. The lowest BCUT2D eigenvalue weighted by molar-refractivity contribution is -0.385. The van der Waals surface area contributed by atoms with Crippen molar-refractivity contribution < 1.29 is 19.6 Å². The van der Waals surface area contributed by atoms with Gasteiger partial charge in [-0.1, -0.05) is 17.7 Å². The summed E-state index contributed by atoms with van der Waals surface area (Å²) in [5.41, 5.74) is -0.168. The third-order valence-corrected chi connectivity index (χ3v) is 2.72. The zero-order valence-electron chi connectivity index (χ0n) is 10.2. The molecule has 0 unspecified atom stereocenters. The first-order valence-electron chi connectivity index (χ1n) is 5.80. The summed E-state index contributed by atoms with van der Waals surface area (Å²) < 4.78 is 5.32. The van der Waals surface area contributed by atoms with Crippen LogP contribution in [0.5, 0.6) is 5.75 Å². The lowest BCUT2D eigenvalue weighted by Crippen LogP contribution is -2.02. The van der Waals surface area contributed by atoms with Gasteiger partial charge in [-0.2, -0.15) is 0 Å². The molecule has 0 bridgehead atoms. The van der Waals surface area contributed by atoms with Gasteiger partial charge in [-0.25, -0.2) is 0 Å². The maximum absolute atomic E-state index is 10.8. The van der Waals surface area contributed by atoms with Gasteiger partial charge in [-0.05, 0) is 25.3 Å². The van der Waals surface area contributed by atoms with Crippen LogP contribution in [0.3, 0.4) is 0 Å². The number of halogens is 1. The summed E-state index contributed by atoms with van der Waals surface area (Å²) in [6.45, 7) is 0.268. The van der Waals surface area contributed by atoms with Crippen molar-refractivity contribution in [2.24, 2.45) is 0 Å². The van der Waals surface area contributed by atoms with E-state index in [0.29, 0.717) is 19.3 Å². The maximum Gasteiger partial charge on any atom is 0.312 e. The average Bonchev–Trinajstić information content (AvgIpc) is 2.34. The first-order valence-corrected chi connectivity index (χ1v) is 6.17. The molecule has 6 nitrogen and oxygen atoms in total. The number of nitro benzene ring substituents is 1. The van der Waals surface area contributed by atoms with Crippen molar-refractivity contribution in [1.29, 1.82) is 0 Å². The van der Waals surface area contributed by atoms with Crippen LogP contribution in [0.4, 0.5) is 5.69 Å². The number of hydrogen-bond donors (Lipinski definition) is 1. The molecule has 0 heterocycles. The first-order chi connectivity index (χ1) is 9.02. The molecule has 0 radical (unpaired) electrons. The highest BCUT2D eigenvalue weighted by Crippen LogP contribution is 2.34. The number of aliphatic carboxylic acids is 1. The second-order valence-electron chi connectivity index (χ2n) is 3.90. The van der Waals surface area contributed by atoms with E-state index in [1.165, 1.54) is 18.2 Å². The molecule has 0 spiro atoms. The molecule has 0 aliphatic rings. The number of carboxylic acids is 1. The third-order valence-electron chi connectivity index (χ3n) is 2.42. The van der Waals surface area contributed by atoms with Crippen molar-refractivity contribution in [3.8, 4) is 5.75 Å². The monoisotopic (exact) mass is 287 g/mol. The van der Waals surface area contributed by atoms with Crippen molar-refractivity contribution >= 4 is 23.3 Å². The number of carbonyl (C=O) groups is 1. The molecular weight excluding hydrogens is 274 g/mol. The number of unbranched alkanes of at least 4 members (excludes halogenated alkanes) is 2. The van der Waals surface area contributed by atoms with Gasteiger partial charge in [0, 0.05) is 12.5 Å². The Morgan fingerprint density at radius 2 is 2.11 bits per heavy atom. The number of para-hydroxylation sites is 1. The minimum atomic E-state index is -0.831. The van der Waals surface area contributed by atoms with E-state index < -0.39 is 10.9 Å². The standard InChI is InChI=1S/C12H14ClNO5/c13-9-5-4-6-10(14(17)18)12(9)19-8-3-1-2-7-11(15)16/h4-6H,1-3,7-8H2,(H,15,16). The zero-order chi connectivity index (χ0) is 14.3. The van der Waals surface area contributed by atoms with Crippen LogP contribution in [0.1, 0.15) is 25.7 Å². The normalized spacial score (nSPS) is 10.2. The highest BCUT2D eigenvalue weighted by molar-refractivity contribution is 6.32. The van der Waals surface area contributed by atoms with Crippen molar-refractivity contribution in [2.45, 2.75) is 25.7 Å². The van der Waals surface area contributed by atoms with E-state index in [-0.39, 0.29) is 29.5 Å². The fourth-order valence-electron chi connectivity index (χ4n) is 1.51. The molecule has 0 fully saturated rings. The van der Waals surface area contributed by atoms with Crippen LogP contribution in [0.15, 0.2) is 18.2 Å². The maximum atomic E-state index is 10.8. The Morgan fingerprint density at radius 1 is 1.37 bits per heavy atom. The Kier molecular flexibility index (Phi) is 6.08. The summed E-state index contributed by atoms with van der Waals surface area (Å²) in [5.74, 6) is -0.768. The second-order valence-corrected chi connectivity index (χ2v) is 4.31. The van der Waals surface area contributed by atoms with E-state index in [4.69, 9.17) is 21.4 Å². The van der Waals surface area contributed by atoms with Crippen LogP contribution in [0.25, 0.3) is 0 Å². The Balaban J connectivity index is 2.45. The molecule has 104 valence electrons. The summed E-state index contributed by atoms with van der Waals surface area (Å²) in [6.07, 6.45) is 1.98. The Hall–Kier alpha value is -1.82. The fourth-order valence-corrected chi connectivity index (χ4v) is 1.74. The van der Waals surface area contributed by atoms with Crippen LogP contribution in [0, 0.1) is 10.1 Å². The molecule has 0 saturated carbocycles. The van der Waals surface area contributed by atoms with E-state index in [1.54, 1.807) is 0 Å². The SMILES string of the molecule is O=C(O)CCCCCOc1c(Cl)cccc1[N+](=O)[O-]. The van der Waals surface area contributed by atoms with Gasteiger partial charge < -0.3 is 9.84 Å². The summed E-state index contributed by atoms with van der Waals surface area (Å²) in [6, 6.07) is 4.33. The largest absolute Gasteiger partial charge is 0.486 e. The van der Waals surface area contributed by atoms with E-state index in [0.717, 1.165) is 0 Å². The van der Waals surface area contributed by atoms with E-state index in [2.05, 4.69) is 0 Å². The molecule has 0 aromatic heterocycles. The van der Waals surface area contributed by atoms with Gasteiger partial charge in [0.25, 0.3) is 0 Å². The predicted octanol–water partition coefficient (Wildman–Crippen LogP) is 3.27. The van der Waals surface area contributed by atoms with Crippen LogP contribution in [0.2, 0.25) is 5.02 Å². The van der Waals surface area contributed by atoms with Gasteiger partial charge in [-0.3, -0.25) is 14.9 Å². The van der Waals surface area contributed by atoms with Crippen molar-refractivity contribution in [3.05, 3.63) is 33.3 Å². The number of nitro groups is 1. The molecule has 0 amide bonds. The molecule has 0 atom stereocenters. The number of hydrogen-bond acceptors (Lipinski definition) is 4. The van der Waals surface area contributed by atoms with Crippen LogP contribution >= 0.6 is 11.6 Å². The fraction of sp³-hybridized carbons (Fsp3) is 0.417. The molecule has 1 aromatic rings. The number of ether oxygens (including phenoxy) is 1. The molecule has 0 saturated heterocycles. The van der Waals surface area contributed by atoms with Crippen LogP contribution in [-0.4, -0.2) is 22.6 Å². The molecule has 1 rings (SSSR count). The minimum absolute atomic E-state index is 0.0624. The highest BCUT2D eigenvalue weighted by atomic mass is 35.5. The number of nitrogens with zero attached hydrogens (tertiary/aromatic N) is 1. The third kappa shape index (κ3) is 5.13. The molecule has 0 aliphatic heterocycles. The van der Waals surface area contributed by atoms with Crippen LogP contribution in [-0.2, 0) is 4.79 Å².